The van der Waals surface area contributed by atoms with Gasteiger partial charge in [-0.05, 0) is 72.9 Å². The molecule has 0 atom stereocenters. The van der Waals surface area contributed by atoms with E-state index in [2.05, 4.69) is 17.0 Å². The number of hydrogen-bond donors (Lipinski definition) is 1. The molecule has 0 saturated heterocycles. The summed E-state index contributed by atoms with van der Waals surface area (Å²) >= 11 is 0. The largest absolute Gasteiger partial charge is 0.508 e. The molecule has 5 heteroatoms. The highest BCUT2D eigenvalue weighted by atomic mass is 35.5. The van der Waals surface area contributed by atoms with Crippen molar-refractivity contribution in [3.05, 3.63) is 52.6 Å². The van der Waals surface area contributed by atoms with Crippen molar-refractivity contribution >= 4 is 12.4 Å². The molecule has 1 heterocycles. The molecule has 0 amide bonds. The summed E-state index contributed by atoms with van der Waals surface area (Å²) in [5, 5.41) is 9.94. The van der Waals surface area contributed by atoms with Gasteiger partial charge in [-0.25, -0.2) is 0 Å². The lowest BCUT2D eigenvalue weighted by molar-refractivity contribution is 0.250. The number of fused-ring (bicyclic) bond motifs is 2. The van der Waals surface area contributed by atoms with Crippen molar-refractivity contribution in [3.63, 3.8) is 0 Å². The van der Waals surface area contributed by atoms with Crippen molar-refractivity contribution in [2.75, 3.05) is 27.3 Å². The molecule has 2 aliphatic rings. The molecule has 2 aromatic carbocycles. The summed E-state index contributed by atoms with van der Waals surface area (Å²) in [5.74, 6) is 2.88. The number of phenolic OH excluding ortho intramolecular Hbond substituents is 1. The zero-order chi connectivity index (χ0) is 18.8. The number of halogens is 1. The number of aromatic hydroxyl groups is 1. The molecule has 1 saturated carbocycles. The minimum absolute atomic E-state index is 0. The van der Waals surface area contributed by atoms with Crippen LogP contribution in [0.5, 0.6) is 17.2 Å². The Kier molecular flexibility index (Phi) is 6.73. The third-order valence-electron chi connectivity index (χ3n) is 5.89. The van der Waals surface area contributed by atoms with Gasteiger partial charge in [-0.1, -0.05) is 12.1 Å². The van der Waals surface area contributed by atoms with Gasteiger partial charge in [0.25, 0.3) is 0 Å². The van der Waals surface area contributed by atoms with Crippen LogP contribution in [0.15, 0.2) is 30.3 Å². The summed E-state index contributed by atoms with van der Waals surface area (Å²) in [6.45, 7) is 3.01. The van der Waals surface area contributed by atoms with Crippen molar-refractivity contribution in [2.24, 2.45) is 5.92 Å². The van der Waals surface area contributed by atoms with Crippen LogP contribution < -0.4 is 9.47 Å². The summed E-state index contributed by atoms with van der Waals surface area (Å²) in [4.78, 5) is 2.55. The fourth-order valence-electron chi connectivity index (χ4n) is 4.20. The molecular formula is C23H30ClNO3. The molecule has 2 aromatic rings. The van der Waals surface area contributed by atoms with E-state index >= 15 is 0 Å². The quantitative estimate of drug-likeness (QED) is 0.822. The molecule has 0 unspecified atom stereocenters. The van der Waals surface area contributed by atoms with E-state index in [1.165, 1.54) is 35.1 Å². The monoisotopic (exact) mass is 403 g/mol. The molecule has 0 aromatic heterocycles. The first-order valence-corrected chi connectivity index (χ1v) is 9.93. The second kappa shape index (κ2) is 9.06. The Balaban J connectivity index is 0.00000225. The molecule has 4 nitrogen and oxygen atoms in total. The van der Waals surface area contributed by atoms with Gasteiger partial charge in [0.1, 0.15) is 5.75 Å². The van der Waals surface area contributed by atoms with Gasteiger partial charge in [-0.15, -0.1) is 12.4 Å². The Labute approximate surface area is 173 Å². The van der Waals surface area contributed by atoms with Crippen molar-refractivity contribution in [1.29, 1.82) is 0 Å². The van der Waals surface area contributed by atoms with Gasteiger partial charge in [0.05, 0.1) is 14.2 Å². The van der Waals surface area contributed by atoms with Crippen LogP contribution in [0, 0.1) is 5.92 Å². The number of aryl methyl sites for hydroxylation is 2. The van der Waals surface area contributed by atoms with E-state index < -0.39 is 0 Å². The molecule has 28 heavy (non-hydrogen) atoms. The highest BCUT2D eigenvalue weighted by molar-refractivity contribution is 5.85. The fraction of sp³-hybridized carbons (Fsp3) is 0.478. The first-order valence-electron chi connectivity index (χ1n) is 9.93. The number of hydrogen-bond acceptors (Lipinski definition) is 4. The average molecular weight is 404 g/mol. The summed E-state index contributed by atoms with van der Waals surface area (Å²) in [6, 6.07) is 10.0. The molecule has 0 bridgehead atoms. The highest BCUT2D eigenvalue weighted by Gasteiger charge is 2.26. The molecule has 0 radical (unpaired) electrons. The zero-order valence-electron chi connectivity index (χ0n) is 16.7. The summed E-state index contributed by atoms with van der Waals surface area (Å²) in [5.41, 5.74) is 5.20. The zero-order valence-corrected chi connectivity index (χ0v) is 17.6. The van der Waals surface area contributed by atoms with Gasteiger partial charge >= 0.3 is 0 Å². The Morgan fingerprint density at radius 1 is 0.964 bits per heavy atom. The number of ether oxygens (including phenoxy) is 2. The predicted molar refractivity (Wildman–Crippen MR) is 114 cm³/mol. The third-order valence-corrected chi connectivity index (χ3v) is 5.89. The number of methoxy groups -OCH3 is 2. The van der Waals surface area contributed by atoms with E-state index in [9.17, 15) is 5.11 Å². The number of benzene rings is 2. The Bertz CT molecular complexity index is 820. The molecule has 1 fully saturated rings. The van der Waals surface area contributed by atoms with Crippen molar-refractivity contribution in [1.82, 2.24) is 4.90 Å². The molecule has 1 aliphatic heterocycles. The van der Waals surface area contributed by atoms with Crippen LogP contribution in [-0.4, -0.2) is 37.3 Å². The topological polar surface area (TPSA) is 41.9 Å². The first kappa shape index (κ1) is 20.8. The lowest BCUT2D eigenvalue weighted by atomic mass is 9.93. The first-order chi connectivity index (χ1) is 13.2. The van der Waals surface area contributed by atoms with E-state index in [1.54, 1.807) is 14.2 Å². The normalized spacial score (nSPS) is 17.1. The molecule has 1 N–H and O–H groups in total. The number of nitrogens with zero attached hydrogens (tertiary/aromatic N) is 1. The van der Waals surface area contributed by atoms with Gasteiger partial charge in [0, 0.05) is 25.2 Å². The van der Waals surface area contributed by atoms with E-state index in [4.69, 9.17) is 9.47 Å². The minimum Gasteiger partial charge on any atom is -0.508 e. The number of rotatable bonds is 4. The van der Waals surface area contributed by atoms with E-state index in [0.717, 1.165) is 56.3 Å². The fourth-order valence-corrected chi connectivity index (χ4v) is 4.20. The van der Waals surface area contributed by atoms with E-state index in [1.807, 2.05) is 18.2 Å². The standard InChI is InChI=1S/C23H29NO3.ClH/c1-26-22-10-8-18-6-5-17-7-9-20(25)13-19(17)11-12-24(14-16-3-4-16)15-21(18)23(22)27-2;/h7-10,13,16,25H,3-6,11-12,14-15H2,1-2H3;1H. The van der Waals surface area contributed by atoms with Gasteiger partial charge in [-0.3, -0.25) is 4.90 Å². The van der Waals surface area contributed by atoms with Crippen LogP contribution >= 0.6 is 12.4 Å². The molecule has 0 spiro atoms. The molecule has 1 aliphatic carbocycles. The van der Waals surface area contributed by atoms with Crippen LogP contribution in [0.4, 0.5) is 0 Å². The Morgan fingerprint density at radius 2 is 1.71 bits per heavy atom. The highest BCUT2D eigenvalue weighted by Crippen LogP contribution is 2.37. The maximum absolute atomic E-state index is 9.94. The van der Waals surface area contributed by atoms with Crippen LogP contribution in [0.25, 0.3) is 0 Å². The molecule has 4 rings (SSSR count). The smallest absolute Gasteiger partial charge is 0.165 e. The maximum Gasteiger partial charge on any atom is 0.165 e. The lowest BCUT2D eigenvalue weighted by Crippen LogP contribution is -2.29. The van der Waals surface area contributed by atoms with Gasteiger partial charge in [0.15, 0.2) is 11.5 Å². The van der Waals surface area contributed by atoms with Crippen LogP contribution in [0.3, 0.4) is 0 Å². The van der Waals surface area contributed by atoms with E-state index in [-0.39, 0.29) is 12.4 Å². The van der Waals surface area contributed by atoms with Gasteiger partial charge in [0.2, 0.25) is 0 Å². The van der Waals surface area contributed by atoms with Crippen LogP contribution in [0.2, 0.25) is 0 Å². The second-order valence-electron chi connectivity index (χ2n) is 7.82. The lowest BCUT2D eigenvalue weighted by Gasteiger charge is -2.27. The number of phenols is 1. The van der Waals surface area contributed by atoms with Gasteiger partial charge < -0.3 is 14.6 Å². The SMILES string of the molecule is COc1ccc2c(c1OC)CN(CC1CC1)CCc1cc(O)ccc1CC2.Cl. The van der Waals surface area contributed by atoms with Crippen molar-refractivity contribution in [3.8, 4) is 17.2 Å². The summed E-state index contributed by atoms with van der Waals surface area (Å²) in [6.07, 6.45) is 5.59. The molecular weight excluding hydrogens is 374 g/mol. The average Bonchev–Trinajstić information content (AvgIpc) is 3.49. The van der Waals surface area contributed by atoms with Crippen LogP contribution in [-0.2, 0) is 25.8 Å². The minimum atomic E-state index is 0. The van der Waals surface area contributed by atoms with Crippen LogP contribution in [0.1, 0.15) is 35.1 Å². The Hall–Kier alpha value is -1.91. The predicted octanol–water partition coefficient (Wildman–Crippen LogP) is 4.38. The maximum atomic E-state index is 9.94. The second-order valence-corrected chi connectivity index (χ2v) is 7.82. The van der Waals surface area contributed by atoms with Gasteiger partial charge in [-0.2, -0.15) is 0 Å². The van der Waals surface area contributed by atoms with Crippen molar-refractivity contribution in [2.45, 2.75) is 38.6 Å². The molecule has 152 valence electrons. The Morgan fingerprint density at radius 3 is 2.43 bits per heavy atom. The third kappa shape index (κ3) is 4.56. The van der Waals surface area contributed by atoms with Crippen molar-refractivity contribution < 1.29 is 14.6 Å². The summed E-state index contributed by atoms with van der Waals surface area (Å²) < 4.78 is 11.3. The summed E-state index contributed by atoms with van der Waals surface area (Å²) in [7, 11) is 3.44. The van der Waals surface area contributed by atoms with E-state index in [0.29, 0.717) is 5.75 Å².